The fourth-order valence-corrected chi connectivity index (χ4v) is 2.68. The van der Waals surface area contributed by atoms with E-state index in [9.17, 15) is 4.79 Å². The first kappa shape index (κ1) is 15.0. The van der Waals surface area contributed by atoms with Crippen LogP contribution in [0.1, 0.15) is 35.2 Å². The average Bonchev–Trinajstić information content (AvgIpc) is 2.49. The van der Waals surface area contributed by atoms with Gasteiger partial charge in [-0.25, -0.2) is 0 Å². The summed E-state index contributed by atoms with van der Waals surface area (Å²) in [6, 6.07) is 7.53. The van der Waals surface area contributed by atoms with Gasteiger partial charge in [-0.3, -0.25) is 4.79 Å². The van der Waals surface area contributed by atoms with Crippen molar-refractivity contribution in [3.05, 3.63) is 35.4 Å². The normalized spacial score (nSPS) is 17.1. The molecule has 0 radical (unpaired) electrons. The van der Waals surface area contributed by atoms with Crippen LogP contribution in [0.5, 0.6) is 0 Å². The van der Waals surface area contributed by atoms with Crippen LogP contribution in [-0.2, 0) is 6.54 Å². The van der Waals surface area contributed by atoms with Crippen LogP contribution in [0.3, 0.4) is 0 Å². The summed E-state index contributed by atoms with van der Waals surface area (Å²) in [5.41, 5.74) is 7.29. The number of likely N-dealkylation sites (tertiary alicyclic amines) is 1. The number of rotatable bonds is 5. The Balaban J connectivity index is 1.74. The monoisotopic (exact) mass is 275 g/mol. The van der Waals surface area contributed by atoms with Crippen molar-refractivity contribution in [2.24, 2.45) is 11.7 Å². The molecule has 20 heavy (non-hydrogen) atoms. The minimum Gasteiger partial charge on any atom is -0.352 e. The number of nitrogens with zero attached hydrogens (tertiary/aromatic N) is 1. The molecular formula is C16H25N3O. The first-order valence-electron chi connectivity index (χ1n) is 7.45. The zero-order valence-corrected chi connectivity index (χ0v) is 12.3. The Kier molecular flexibility index (Phi) is 5.56. The Morgan fingerprint density at radius 3 is 2.85 bits per heavy atom. The quantitative estimate of drug-likeness (QED) is 0.858. The van der Waals surface area contributed by atoms with Crippen LogP contribution in [0, 0.1) is 5.92 Å². The molecule has 110 valence electrons. The van der Waals surface area contributed by atoms with E-state index in [2.05, 4.69) is 17.3 Å². The van der Waals surface area contributed by atoms with Gasteiger partial charge >= 0.3 is 0 Å². The first-order chi connectivity index (χ1) is 9.69. The number of benzene rings is 1. The smallest absolute Gasteiger partial charge is 0.251 e. The van der Waals surface area contributed by atoms with Crippen LogP contribution in [0.2, 0.25) is 0 Å². The molecule has 1 aromatic rings. The van der Waals surface area contributed by atoms with Crippen LogP contribution in [0.4, 0.5) is 0 Å². The molecule has 1 heterocycles. The van der Waals surface area contributed by atoms with Crippen molar-refractivity contribution in [1.82, 2.24) is 10.2 Å². The highest BCUT2D eigenvalue weighted by atomic mass is 16.1. The molecule has 3 N–H and O–H groups in total. The predicted molar refractivity (Wildman–Crippen MR) is 81.5 cm³/mol. The summed E-state index contributed by atoms with van der Waals surface area (Å²) in [6.07, 6.45) is 3.57. The maximum absolute atomic E-state index is 12.0. The summed E-state index contributed by atoms with van der Waals surface area (Å²) in [5.74, 6) is 0.759. The molecule has 1 fully saturated rings. The van der Waals surface area contributed by atoms with Gasteiger partial charge < -0.3 is 16.0 Å². The molecule has 1 aliphatic heterocycles. The van der Waals surface area contributed by atoms with Crippen molar-refractivity contribution in [3.63, 3.8) is 0 Å². The van der Waals surface area contributed by atoms with Crippen molar-refractivity contribution in [2.45, 2.75) is 25.8 Å². The number of hydrogen-bond acceptors (Lipinski definition) is 3. The highest BCUT2D eigenvalue weighted by Crippen LogP contribution is 2.18. The third-order valence-corrected chi connectivity index (χ3v) is 4.10. The van der Waals surface area contributed by atoms with E-state index in [4.69, 9.17) is 5.73 Å². The number of carbonyl (C=O) groups excluding carboxylic acids is 1. The van der Waals surface area contributed by atoms with Crippen LogP contribution >= 0.6 is 0 Å². The van der Waals surface area contributed by atoms with Crippen LogP contribution in [-0.4, -0.2) is 37.5 Å². The van der Waals surface area contributed by atoms with Crippen molar-refractivity contribution in [1.29, 1.82) is 0 Å². The summed E-state index contributed by atoms with van der Waals surface area (Å²) in [7, 11) is 2.17. The van der Waals surface area contributed by atoms with E-state index in [1.165, 1.54) is 25.9 Å². The highest BCUT2D eigenvalue weighted by Gasteiger charge is 2.16. The summed E-state index contributed by atoms with van der Waals surface area (Å²) in [5, 5.41) is 3.02. The lowest BCUT2D eigenvalue weighted by atomic mass is 9.94. The van der Waals surface area contributed by atoms with Gasteiger partial charge in [-0.15, -0.1) is 0 Å². The minimum absolute atomic E-state index is 0.00762. The molecular weight excluding hydrogens is 250 g/mol. The molecule has 0 bridgehead atoms. The van der Waals surface area contributed by atoms with E-state index in [1.54, 1.807) is 0 Å². The summed E-state index contributed by atoms with van der Waals surface area (Å²) >= 11 is 0. The number of carbonyl (C=O) groups is 1. The Labute approximate surface area is 121 Å². The number of nitrogens with one attached hydrogen (secondary N) is 1. The van der Waals surface area contributed by atoms with Gasteiger partial charge in [-0.05, 0) is 63.0 Å². The Hall–Kier alpha value is -1.39. The van der Waals surface area contributed by atoms with E-state index in [0.29, 0.717) is 12.1 Å². The second-order valence-electron chi connectivity index (χ2n) is 5.70. The van der Waals surface area contributed by atoms with E-state index >= 15 is 0 Å². The summed E-state index contributed by atoms with van der Waals surface area (Å²) in [6.45, 7) is 3.59. The van der Waals surface area contributed by atoms with Crippen molar-refractivity contribution in [3.8, 4) is 0 Å². The molecule has 4 heteroatoms. The molecule has 1 aliphatic rings. The third-order valence-electron chi connectivity index (χ3n) is 4.10. The van der Waals surface area contributed by atoms with Crippen LogP contribution < -0.4 is 11.1 Å². The molecule has 1 aromatic carbocycles. The Morgan fingerprint density at radius 2 is 2.15 bits per heavy atom. The molecule has 2 rings (SSSR count). The van der Waals surface area contributed by atoms with Crippen LogP contribution in [0.15, 0.2) is 24.3 Å². The van der Waals surface area contributed by atoms with Gasteiger partial charge in [0.2, 0.25) is 0 Å². The number of hydrogen-bond donors (Lipinski definition) is 2. The lowest BCUT2D eigenvalue weighted by Crippen LogP contribution is -2.32. The molecule has 0 spiro atoms. The molecule has 0 aliphatic carbocycles. The molecule has 1 saturated heterocycles. The standard InChI is InChI=1S/C16H25N3O/c1-19-9-6-13(7-10-19)5-8-18-16(20)15-4-2-3-14(11-15)12-17/h2-4,11,13H,5-10,12,17H2,1H3,(H,18,20). The van der Waals surface area contributed by atoms with Crippen molar-refractivity contribution < 1.29 is 4.79 Å². The number of piperidine rings is 1. The van der Waals surface area contributed by atoms with Crippen LogP contribution in [0.25, 0.3) is 0 Å². The molecule has 1 amide bonds. The van der Waals surface area contributed by atoms with E-state index in [-0.39, 0.29) is 5.91 Å². The lowest BCUT2D eigenvalue weighted by molar-refractivity contribution is 0.0949. The third kappa shape index (κ3) is 4.32. The van der Waals surface area contributed by atoms with Gasteiger partial charge in [0.15, 0.2) is 0 Å². The lowest BCUT2D eigenvalue weighted by Gasteiger charge is -2.28. The van der Waals surface area contributed by atoms with Crippen molar-refractivity contribution in [2.75, 3.05) is 26.7 Å². The Morgan fingerprint density at radius 1 is 1.40 bits per heavy atom. The van der Waals surface area contributed by atoms with E-state index in [1.807, 2.05) is 24.3 Å². The topological polar surface area (TPSA) is 58.4 Å². The zero-order chi connectivity index (χ0) is 14.4. The maximum atomic E-state index is 12.0. The van der Waals surface area contributed by atoms with E-state index in [0.717, 1.165) is 24.4 Å². The van der Waals surface area contributed by atoms with Gasteiger partial charge in [-0.1, -0.05) is 12.1 Å². The Bertz CT molecular complexity index is 439. The molecule has 0 saturated carbocycles. The SMILES string of the molecule is CN1CCC(CCNC(=O)c2cccc(CN)c2)CC1. The van der Waals surface area contributed by atoms with Crippen molar-refractivity contribution >= 4 is 5.91 Å². The zero-order valence-electron chi connectivity index (χ0n) is 12.3. The second kappa shape index (κ2) is 7.41. The first-order valence-corrected chi connectivity index (χ1v) is 7.45. The minimum atomic E-state index is 0.00762. The number of amides is 1. The summed E-state index contributed by atoms with van der Waals surface area (Å²) in [4.78, 5) is 14.4. The van der Waals surface area contributed by atoms with Gasteiger partial charge in [0, 0.05) is 18.7 Å². The van der Waals surface area contributed by atoms with Gasteiger partial charge in [0.1, 0.15) is 0 Å². The predicted octanol–water partition coefficient (Wildman–Crippen LogP) is 1.61. The number of nitrogens with two attached hydrogens (primary N) is 1. The van der Waals surface area contributed by atoms with E-state index < -0.39 is 0 Å². The summed E-state index contributed by atoms with van der Waals surface area (Å²) < 4.78 is 0. The largest absolute Gasteiger partial charge is 0.352 e. The maximum Gasteiger partial charge on any atom is 0.251 e. The molecule has 0 unspecified atom stereocenters. The van der Waals surface area contributed by atoms with Gasteiger partial charge in [0.05, 0.1) is 0 Å². The van der Waals surface area contributed by atoms with Gasteiger partial charge in [0.25, 0.3) is 5.91 Å². The molecule has 4 nitrogen and oxygen atoms in total. The highest BCUT2D eigenvalue weighted by molar-refractivity contribution is 5.94. The van der Waals surface area contributed by atoms with Gasteiger partial charge in [-0.2, -0.15) is 0 Å². The molecule has 0 atom stereocenters. The molecule has 0 aromatic heterocycles. The fourth-order valence-electron chi connectivity index (χ4n) is 2.68. The fraction of sp³-hybridized carbons (Fsp3) is 0.562. The second-order valence-corrected chi connectivity index (χ2v) is 5.70. The average molecular weight is 275 g/mol.